The van der Waals surface area contributed by atoms with E-state index in [0.717, 1.165) is 19.2 Å². The number of esters is 1. The molecule has 21 heteroatoms. The molecule has 0 bridgehead atoms. The predicted molar refractivity (Wildman–Crippen MR) is 151 cm³/mol. The van der Waals surface area contributed by atoms with E-state index in [9.17, 15) is 45.1 Å². The number of nitrogens with one attached hydrogen (secondary N) is 5. The molecule has 0 saturated carbocycles. The van der Waals surface area contributed by atoms with E-state index in [2.05, 4.69) is 45.9 Å². The first-order valence-corrected chi connectivity index (χ1v) is 13.4. The number of aliphatic imine (C=N–C) groups is 1. The minimum atomic E-state index is -5.08. The third-order valence-electron chi connectivity index (χ3n) is 6.17. The summed E-state index contributed by atoms with van der Waals surface area (Å²) in [6, 6.07) is 4.87. The Balaban J connectivity index is 0.000000804. The van der Waals surface area contributed by atoms with E-state index in [1.165, 1.54) is 24.4 Å². The molecule has 48 heavy (non-hydrogen) atoms. The maximum absolute atomic E-state index is 13.9. The molecule has 0 aliphatic carbocycles. The summed E-state index contributed by atoms with van der Waals surface area (Å²) in [5.41, 5.74) is 1.19. The fourth-order valence-corrected chi connectivity index (χ4v) is 3.95. The summed E-state index contributed by atoms with van der Waals surface area (Å²) in [6.07, 6.45) is -5.08. The van der Waals surface area contributed by atoms with Crippen LogP contribution in [0, 0.1) is 5.82 Å². The number of amides is 2. The molecule has 0 saturated heterocycles. The molecule has 2 heterocycles. The maximum Gasteiger partial charge on any atom is 0.490 e. The van der Waals surface area contributed by atoms with Gasteiger partial charge in [-0.15, -0.1) is 0 Å². The first-order chi connectivity index (χ1) is 22.6. The first kappa shape index (κ1) is 36.8. The Morgan fingerprint density at radius 1 is 1.15 bits per heavy atom. The van der Waals surface area contributed by atoms with Gasteiger partial charge in [0.05, 0.1) is 56.6 Å². The molecule has 1 aromatic heterocycles. The summed E-state index contributed by atoms with van der Waals surface area (Å²) in [5, 5.41) is 25.2. The van der Waals surface area contributed by atoms with E-state index < -0.39 is 73.3 Å². The van der Waals surface area contributed by atoms with E-state index in [1.54, 1.807) is 0 Å². The standard InChI is InChI=1S/C25H25F4N7O5.C2HF3O2/c1-40-22(38)7-17(12-2-3-16(27)20(6-12)41-24(28)29)34-21(37)11-30-23(39)13-4-18(15-10-33-36-19(15)5-13)35-25-31-8-14(26)9-32-25;3-2(4,5)1(6)7/h2-6,10,14,17,24H,7-9,11H2,1H3,(H,30,39)(H,33,36)(H,34,37)(H2,31,32,35);(H,6,7)/t17-;/m0./s1. The number of carboxylic acids is 1. The molecule has 1 aliphatic rings. The number of halogens is 7. The van der Waals surface area contributed by atoms with Crippen LogP contribution in [0.2, 0.25) is 0 Å². The number of benzene rings is 2. The van der Waals surface area contributed by atoms with Gasteiger partial charge in [0.15, 0.2) is 17.5 Å². The smallest absolute Gasteiger partial charge is 0.475 e. The maximum atomic E-state index is 13.9. The summed E-state index contributed by atoms with van der Waals surface area (Å²) >= 11 is 0. The van der Waals surface area contributed by atoms with Crippen molar-refractivity contribution < 1.29 is 64.5 Å². The largest absolute Gasteiger partial charge is 0.490 e. The van der Waals surface area contributed by atoms with Gasteiger partial charge in [-0.05, 0) is 29.8 Å². The molecule has 2 amide bonds. The Morgan fingerprint density at radius 2 is 1.85 bits per heavy atom. The van der Waals surface area contributed by atoms with Gasteiger partial charge in [0.25, 0.3) is 5.91 Å². The van der Waals surface area contributed by atoms with Crippen molar-refractivity contribution >= 4 is 46.3 Å². The fourth-order valence-electron chi connectivity index (χ4n) is 3.95. The number of fused-ring (bicyclic) bond motifs is 1. The van der Waals surface area contributed by atoms with Gasteiger partial charge in [-0.3, -0.25) is 19.5 Å². The van der Waals surface area contributed by atoms with Gasteiger partial charge in [-0.2, -0.15) is 27.1 Å². The van der Waals surface area contributed by atoms with Gasteiger partial charge in [0.1, 0.15) is 6.17 Å². The molecule has 3 aromatic rings. The van der Waals surface area contributed by atoms with Crippen molar-refractivity contribution in [1.82, 2.24) is 26.1 Å². The number of anilines is 1. The molecule has 6 N–H and O–H groups in total. The van der Waals surface area contributed by atoms with E-state index in [0.29, 0.717) is 22.5 Å². The number of methoxy groups -OCH3 is 1. The predicted octanol–water partition coefficient (Wildman–Crippen LogP) is 2.80. The number of guanidine groups is 1. The van der Waals surface area contributed by atoms with Crippen LogP contribution in [0.15, 0.2) is 41.5 Å². The zero-order valence-corrected chi connectivity index (χ0v) is 24.5. The number of nitrogens with zero attached hydrogens (tertiary/aromatic N) is 2. The van der Waals surface area contributed by atoms with Crippen molar-refractivity contribution in [1.29, 1.82) is 0 Å². The lowest BCUT2D eigenvalue weighted by atomic mass is 10.0. The van der Waals surface area contributed by atoms with Crippen LogP contribution in [0.5, 0.6) is 5.75 Å². The molecule has 0 radical (unpaired) electrons. The highest BCUT2D eigenvalue weighted by Crippen LogP contribution is 2.27. The second kappa shape index (κ2) is 16.3. The molecule has 1 unspecified atom stereocenters. The van der Waals surface area contributed by atoms with Crippen LogP contribution < -0.4 is 26.0 Å². The number of hydrogen-bond donors (Lipinski definition) is 6. The molecule has 2 aromatic carbocycles. The van der Waals surface area contributed by atoms with Crippen LogP contribution in [0.1, 0.15) is 28.4 Å². The Hall–Kier alpha value is -5.63. The SMILES string of the molecule is COC(=O)C[C@H](NC(=O)CNC(=O)c1cc(NC2=NCC(F)CN2)c2cn[nH]c2c1)c1ccc(F)c(OC(F)F)c1.O=C(O)C(F)(F)F. The molecule has 260 valence electrons. The minimum absolute atomic E-state index is 0.0192. The lowest BCUT2D eigenvalue weighted by Gasteiger charge is -2.20. The fraction of sp³-hybridized carbons (Fsp3) is 0.333. The molecule has 2 atom stereocenters. The monoisotopic (exact) mass is 693 g/mol. The highest BCUT2D eigenvalue weighted by atomic mass is 19.4. The van der Waals surface area contributed by atoms with Crippen LogP contribution in [-0.2, 0) is 19.1 Å². The second-order valence-corrected chi connectivity index (χ2v) is 9.60. The van der Waals surface area contributed by atoms with Crippen molar-refractivity contribution in [3.63, 3.8) is 0 Å². The van der Waals surface area contributed by atoms with Crippen molar-refractivity contribution in [2.45, 2.75) is 31.4 Å². The average Bonchev–Trinajstić information content (AvgIpc) is 3.50. The Morgan fingerprint density at radius 3 is 2.46 bits per heavy atom. The van der Waals surface area contributed by atoms with Crippen LogP contribution in [-0.4, -0.2) is 90.7 Å². The number of carbonyl (C=O) groups is 4. The molecule has 1 aliphatic heterocycles. The number of aliphatic carboxylic acids is 1. The topological polar surface area (TPSA) is 196 Å². The number of aromatic nitrogens is 2. The van der Waals surface area contributed by atoms with Gasteiger partial charge in [0.2, 0.25) is 5.91 Å². The molecule has 0 spiro atoms. The number of ether oxygens (including phenoxy) is 2. The van der Waals surface area contributed by atoms with Crippen molar-refractivity contribution in [2.24, 2.45) is 4.99 Å². The minimum Gasteiger partial charge on any atom is -0.475 e. The van der Waals surface area contributed by atoms with E-state index in [1.807, 2.05) is 0 Å². The third-order valence-corrected chi connectivity index (χ3v) is 6.17. The van der Waals surface area contributed by atoms with Gasteiger partial charge < -0.3 is 35.8 Å². The van der Waals surface area contributed by atoms with Crippen LogP contribution in [0.25, 0.3) is 10.9 Å². The summed E-state index contributed by atoms with van der Waals surface area (Å²) in [5.74, 6) is -6.40. The normalized spacial score (nSPS) is 14.9. The summed E-state index contributed by atoms with van der Waals surface area (Å²) in [6.45, 7) is -3.78. The van der Waals surface area contributed by atoms with Crippen LogP contribution in [0.3, 0.4) is 0 Å². The van der Waals surface area contributed by atoms with Crippen molar-refractivity contribution in [3.05, 3.63) is 53.5 Å². The van der Waals surface area contributed by atoms with Gasteiger partial charge in [-0.1, -0.05) is 6.07 Å². The van der Waals surface area contributed by atoms with E-state index in [-0.39, 0.29) is 24.2 Å². The van der Waals surface area contributed by atoms with Gasteiger partial charge in [-0.25, -0.2) is 18.6 Å². The highest BCUT2D eigenvalue weighted by Gasteiger charge is 2.38. The number of alkyl halides is 6. The number of rotatable bonds is 10. The Labute approximate surface area is 265 Å². The van der Waals surface area contributed by atoms with Crippen LogP contribution >= 0.6 is 0 Å². The summed E-state index contributed by atoms with van der Waals surface area (Å²) in [4.78, 5) is 50.5. The van der Waals surface area contributed by atoms with E-state index >= 15 is 0 Å². The van der Waals surface area contributed by atoms with Crippen LogP contribution in [0.4, 0.5) is 36.4 Å². The highest BCUT2D eigenvalue weighted by molar-refractivity contribution is 6.07. The zero-order chi connectivity index (χ0) is 35.6. The molecule has 4 rings (SSSR count). The molecular weight excluding hydrogens is 667 g/mol. The van der Waals surface area contributed by atoms with Crippen molar-refractivity contribution in [3.8, 4) is 5.75 Å². The third kappa shape index (κ3) is 10.7. The number of hydrogen-bond acceptors (Lipinski definition) is 10. The first-order valence-electron chi connectivity index (χ1n) is 13.4. The molecular formula is C27H26F7N7O7. The lowest BCUT2D eigenvalue weighted by Crippen LogP contribution is -2.41. The number of carboxylic acid groups (broad SMARTS) is 1. The molecule has 0 fully saturated rings. The second-order valence-electron chi connectivity index (χ2n) is 9.60. The number of aromatic amines is 1. The molecule has 14 nitrogen and oxygen atoms in total. The number of H-pyrrole nitrogens is 1. The van der Waals surface area contributed by atoms with Crippen molar-refractivity contribution in [2.75, 3.05) is 32.1 Å². The lowest BCUT2D eigenvalue weighted by molar-refractivity contribution is -0.192. The zero-order valence-electron chi connectivity index (χ0n) is 24.5. The summed E-state index contributed by atoms with van der Waals surface area (Å²) in [7, 11) is 1.12. The Kier molecular flexibility index (Phi) is 12.5. The number of carbonyl (C=O) groups excluding carboxylic acids is 3. The summed E-state index contributed by atoms with van der Waals surface area (Å²) < 4.78 is 93.1. The average molecular weight is 694 g/mol. The van der Waals surface area contributed by atoms with E-state index in [4.69, 9.17) is 9.90 Å². The van der Waals surface area contributed by atoms with Gasteiger partial charge >= 0.3 is 24.7 Å². The Bertz CT molecular complexity index is 1670. The quantitative estimate of drug-likeness (QED) is 0.136. The van der Waals surface area contributed by atoms with Gasteiger partial charge in [0, 0.05) is 10.9 Å².